The molecule has 0 unspecified atom stereocenters. The average molecular weight is 453 g/mol. The van der Waals surface area contributed by atoms with Gasteiger partial charge >= 0.3 is 0 Å². The third-order valence-electron chi connectivity index (χ3n) is 5.71. The van der Waals surface area contributed by atoms with Crippen LogP contribution in [0.25, 0.3) is 0 Å². The van der Waals surface area contributed by atoms with Crippen LogP contribution in [0.1, 0.15) is 36.8 Å². The van der Waals surface area contributed by atoms with Crippen LogP contribution in [0.3, 0.4) is 0 Å². The molecule has 1 aromatic carbocycles. The topological polar surface area (TPSA) is 84.4 Å². The van der Waals surface area contributed by atoms with E-state index in [1.807, 2.05) is 61.7 Å². The minimum atomic E-state index is -3.14. The average Bonchev–Trinajstić information content (AvgIpc) is 2.82. The first-order valence-corrected chi connectivity index (χ1v) is 12.5. The van der Waals surface area contributed by atoms with Gasteiger partial charge in [0, 0.05) is 36.7 Å². The summed E-state index contributed by atoms with van der Waals surface area (Å²) in [5, 5.41) is 3.27. The van der Waals surface area contributed by atoms with Crippen molar-refractivity contribution < 1.29 is 13.2 Å². The van der Waals surface area contributed by atoms with Gasteiger partial charge in [-0.15, -0.1) is 0 Å². The Kier molecular flexibility index (Phi) is 6.72. The summed E-state index contributed by atoms with van der Waals surface area (Å²) in [6.45, 7) is 4.75. The van der Waals surface area contributed by atoms with E-state index in [0.717, 1.165) is 35.5 Å². The zero-order chi connectivity index (χ0) is 22.6. The van der Waals surface area contributed by atoms with E-state index in [1.165, 1.54) is 0 Å². The Morgan fingerprint density at radius 1 is 1.06 bits per heavy atom. The lowest BCUT2D eigenvalue weighted by Gasteiger charge is -2.31. The molecule has 0 bridgehead atoms. The third-order valence-corrected chi connectivity index (χ3v) is 7.59. The molecule has 0 spiro atoms. The Morgan fingerprint density at radius 2 is 1.81 bits per heavy atom. The summed E-state index contributed by atoms with van der Waals surface area (Å²) in [6.07, 6.45) is 5.06. The van der Waals surface area contributed by atoms with Gasteiger partial charge in [-0.05, 0) is 74.6 Å². The summed E-state index contributed by atoms with van der Waals surface area (Å²) >= 11 is 0. The normalized spacial score (nSPS) is 15.4. The molecule has 0 amide bonds. The smallest absolute Gasteiger partial charge is 0.222 e. The van der Waals surface area contributed by atoms with Gasteiger partial charge in [-0.25, -0.2) is 22.7 Å². The largest absolute Gasteiger partial charge is 0.439 e. The van der Waals surface area contributed by atoms with Crippen LogP contribution in [-0.2, 0) is 10.0 Å². The number of rotatable bonds is 7. The van der Waals surface area contributed by atoms with Crippen molar-refractivity contribution in [2.75, 3.05) is 24.2 Å². The second-order valence-electron chi connectivity index (χ2n) is 7.94. The third kappa shape index (κ3) is 5.26. The Labute approximate surface area is 189 Å². The maximum absolute atomic E-state index is 12.1. The second kappa shape index (κ2) is 9.67. The molecule has 4 rings (SSSR count). The molecule has 0 radical (unpaired) electrons. The number of nitrogens with zero attached hydrogens (tertiary/aromatic N) is 3. The molecule has 0 saturated carbocycles. The second-order valence-corrected chi connectivity index (χ2v) is 10.2. The van der Waals surface area contributed by atoms with Gasteiger partial charge in [0.05, 0.1) is 5.75 Å². The summed E-state index contributed by atoms with van der Waals surface area (Å²) in [6, 6.07) is 15.5. The lowest BCUT2D eigenvalue weighted by Crippen LogP contribution is -2.38. The summed E-state index contributed by atoms with van der Waals surface area (Å²) in [7, 11) is -3.14. The number of ether oxygens (including phenoxy) is 1. The van der Waals surface area contributed by atoms with Gasteiger partial charge in [0.25, 0.3) is 0 Å². The molecule has 8 heteroatoms. The molecule has 1 N–H and O–H groups in total. The maximum atomic E-state index is 12.1. The van der Waals surface area contributed by atoms with Crippen molar-refractivity contribution in [1.29, 1.82) is 0 Å². The van der Waals surface area contributed by atoms with Crippen LogP contribution in [-0.4, -0.2) is 41.5 Å². The molecule has 1 fully saturated rings. The van der Waals surface area contributed by atoms with E-state index < -0.39 is 10.0 Å². The summed E-state index contributed by atoms with van der Waals surface area (Å²) in [5.74, 6) is 2.41. The van der Waals surface area contributed by atoms with E-state index in [-0.39, 0.29) is 11.7 Å². The Balaban J connectivity index is 1.43. The van der Waals surface area contributed by atoms with Crippen LogP contribution >= 0.6 is 0 Å². The number of benzene rings is 1. The summed E-state index contributed by atoms with van der Waals surface area (Å²) < 4.78 is 32.0. The first-order chi connectivity index (χ1) is 15.4. The Bertz CT molecular complexity index is 1140. The van der Waals surface area contributed by atoms with Gasteiger partial charge < -0.3 is 10.1 Å². The number of anilines is 2. The van der Waals surface area contributed by atoms with Gasteiger partial charge in [-0.3, -0.25) is 0 Å². The zero-order valence-corrected chi connectivity index (χ0v) is 19.2. The molecule has 2 aromatic heterocycles. The highest BCUT2D eigenvalue weighted by Gasteiger charge is 2.29. The fourth-order valence-corrected chi connectivity index (χ4v) is 4.97. The highest BCUT2D eigenvalue weighted by Crippen LogP contribution is 2.35. The predicted octanol–water partition coefficient (Wildman–Crippen LogP) is 4.85. The Hall–Kier alpha value is -2.97. The molecule has 1 saturated heterocycles. The fraction of sp³-hybridized carbons (Fsp3) is 0.333. The zero-order valence-electron chi connectivity index (χ0n) is 18.4. The molecule has 0 atom stereocenters. The van der Waals surface area contributed by atoms with E-state index >= 15 is 0 Å². The number of piperidine rings is 1. The van der Waals surface area contributed by atoms with Gasteiger partial charge in [0.2, 0.25) is 15.9 Å². The fourth-order valence-electron chi connectivity index (χ4n) is 3.83. The minimum absolute atomic E-state index is 0.143. The van der Waals surface area contributed by atoms with Crippen LogP contribution in [0.5, 0.6) is 11.6 Å². The number of nitrogens with one attached hydrogen (secondary N) is 1. The highest BCUT2D eigenvalue weighted by molar-refractivity contribution is 7.89. The monoisotopic (exact) mass is 452 g/mol. The lowest BCUT2D eigenvalue weighted by molar-refractivity contribution is 0.315. The molecule has 0 aliphatic carbocycles. The van der Waals surface area contributed by atoms with Gasteiger partial charge in [-0.1, -0.05) is 12.1 Å². The summed E-state index contributed by atoms with van der Waals surface area (Å²) in [5.41, 5.74) is 3.05. The number of pyridine rings is 2. The van der Waals surface area contributed by atoms with Crippen LogP contribution in [0, 0.1) is 6.92 Å². The van der Waals surface area contributed by atoms with Crippen molar-refractivity contribution in [3.63, 3.8) is 0 Å². The number of aryl methyl sites for hydroxylation is 1. The van der Waals surface area contributed by atoms with E-state index in [4.69, 9.17) is 4.74 Å². The molecule has 168 valence electrons. The van der Waals surface area contributed by atoms with Gasteiger partial charge in [-0.2, -0.15) is 0 Å². The molecular weight excluding hydrogens is 424 g/mol. The molecule has 7 nitrogen and oxygen atoms in total. The number of sulfonamides is 1. The Morgan fingerprint density at radius 3 is 2.47 bits per heavy atom. The van der Waals surface area contributed by atoms with Crippen molar-refractivity contribution in [2.45, 2.75) is 32.6 Å². The highest BCUT2D eigenvalue weighted by atomic mass is 32.2. The van der Waals surface area contributed by atoms with Crippen molar-refractivity contribution >= 4 is 21.5 Å². The van der Waals surface area contributed by atoms with Crippen LogP contribution in [0.4, 0.5) is 11.5 Å². The molecule has 3 aromatic rings. The number of hydrogen-bond donors (Lipinski definition) is 1. The van der Waals surface area contributed by atoms with Crippen molar-refractivity contribution in [2.24, 2.45) is 0 Å². The van der Waals surface area contributed by atoms with Gasteiger partial charge in [0.1, 0.15) is 11.6 Å². The van der Waals surface area contributed by atoms with Gasteiger partial charge in [0.15, 0.2) is 0 Å². The molecule has 1 aliphatic heterocycles. The summed E-state index contributed by atoms with van der Waals surface area (Å²) in [4.78, 5) is 8.81. The van der Waals surface area contributed by atoms with Crippen molar-refractivity contribution in [3.05, 3.63) is 72.1 Å². The molecule has 3 heterocycles. The van der Waals surface area contributed by atoms with Crippen molar-refractivity contribution in [1.82, 2.24) is 14.3 Å². The molecule has 1 aliphatic rings. The molecule has 32 heavy (non-hydrogen) atoms. The van der Waals surface area contributed by atoms with Crippen LogP contribution < -0.4 is 10.1 Å². The first kappa shape index (κ1) is 22.2. The van der Waals surface area contributed by atoms with E-state index in [1.54, 1.807) is 17.4 Å². The quantitative estimate of drug-likeness (QED) is 0.552. The van der Waals surface area contributed by atoms with E-state index in [0.29, 0.717) is 24.7 Å². The van der Waals surface area contributed by atoms with Crippen molar-refractivity contribution in [3.8, 4) is 11.6 Å². The lowest BCUT2D eigenvalue weighted by atomic mass is 9.91. The minimum Gasteiger partial charge on any atom is -0.439 e. The maximum Gasteiger partial charge on any atom is 0.222 e. The van der Waals surface area contributed by atoms with E-state index in [2.05, 4.69) is 15.3 Å². The van der Waals surface area contributed by atoms with E-state index in [9.17, 15) is 8.42 Å². The number of aromatic nitrogens is 2. The standard InChI is InChI=1S/C24H28N4O3S/c1-3-32(29,30)28-15-12-19(13-16-28)22-5-4-14-25-24(22)31-21-9-7-20(8-10-21)27-23-11-6-18(2)17-26-23/h4-11,14,17,19H,3,12-13,15-16H2,1-2H3,(H,26,27). The number of hydrogen-bond acceptors (Lipinski definition) is 6. The SMILES string of the molecule is CCS(=O)(=O)N1CCC(c2cccnc2Oc2ccc(Nc3ccc(C)cn3)cc2)CC1. The molecular formula is C24H28N4O3S. The predicted molar refractivity (Wildman–Crippen MR) is 126 cm³/mol. The van der Waals surface area contributed by atoms with Crippen LogP contribution in [0.2, 0.25) is 0 Å². The first-order valence-electron chi connectivity index (χ1n) is 10.8. The van der Waals surface area contributed by atoms with Crippen LogP contribution in [0.15, 0.2) is 60.9 Å².